The highest BCUT2D eigenvalue weighted by atomic mass is 35.5. The predicted octanol–water partition coefficient (Wildman–Crippen LogP) is 1.87. The van der Waals surface area contributed by atoms with Crippen molar-refractivity contribution in [1.29, 1.82) is 0 Å². The van der Waals surface area contributed by atoms with E-state index in [1.807, 2.05) is 0 Å². The van der Waals surface area contributed by atoms with Crippen molar-refractivity contribution >= 4 is 11.6 Å². The van der Waals surface area contributed by atoms with Crippen LogP contribution in [0.3, 0.4) is 0 Å². The lowest BCUT2D eigenvalue weighted by Crippen LogP contribution is -1.98. The SMILES string of the molecule is OCc1nc(Cl)c(O)cc1C(F)F. The Morgan fingerprint density at radius 1 is 1.54 bits per heavy atom. The Morgan fingerprint density at radius 3 is 2.62 bits per heavy atom. The molecule has 3 nitrogen and oxygen atoms in total. The molecule has 1 heterocycles. The Hall–Kier alpha value is -0.940. The summed E-state index contributed by atoms with van der Waals surface area (Å²) in [6, 6.07) is 0.797. The zero-order valence-corrected chi connectivity index (χ0v) is 7.09. The summed E-state index contributed by atoms with van der Waals surface area (Å²) in [5.41, 5.74) is -0.734. The minimum absolute atomic E-state index is 0.224. The summed E-state index contributed by atoms with van der Waals surface area (Å²) in [4.78, 5) is 3.40. The zero-order chi connectivity index (χ0) is 10.0. The van der Waals surface area contributed by atoms with Gasteiger partial charge in [-0.3, -0.25) is 0 Å². The van der Waals surface area contributed by atoms with Crippen LogP contribution in [0.25, 0.3) is 0 Å². The third-order valence-corrected chi connectivity index (χ3v) is 1.73. The van der Waals surface area contributed by atoms with Crippen molar-refractivity contribution in [2.75, 3.05) is 0 Å². The number of hydrogen-bond acceptors (Lipinski definition) is 3. The van der Waals surface area contributed by atoms with E-state index in [1.165, 1.54) is 0 Å². The van der Waals surface area contributed by atoms with Gasteiger partial charge in [0.15, 0.2) is 10.9 Å². The fraction of sp³-hybridized carbons (Fsp3) is 0.286. The number of pyridine rings is 1. The first kappa shape index (κ1) is 10.1. The molecule has 0 bridgehead atoms. The topological polar surface area (TPSA) is 53.4 Å². The molecule has 1 aromatic rings. The molecule has 6 heteroatoms. The van der Waals surface area contributed by atoms with E-state index in [1.54, 1.807) is 0 Å². The van der Waals surface area contributed by atoms with Crippen molar-refractivity contribution in [1.82, 2.24) is 4.98 Å². The van der Waals surface area contributed by atoms with E-state index in [2.05, 4.69) is 4.98 Å². The van der Waals surface area contributed by atoms with Gasteiger partial charge in [-0.1, -0.05) is 11.6 Å². The van der Waals surface area contributed by atoms with Crippen LogP contribution in [0.5, 0.6) is 5.75 Å². The number of hydrogen-bond donors (Lipinski definition) is 2. The number of halogens is 3. The average molecular weight is 210 g/mol. The Balaban J connectivity index is 3.25. The maximum Gasteiger partial charge on any atom is 0.265 e. The van der Waals surface area contributed by atoms with Gasteiger partial charge >= 0.3 is 0 Å². The highest BCUT2D eigenvalue weighted by Crippen LogP contribution is 2.29. The molecule has 0 aliphatic carbocycles. The number of aliphatic hydroxyl groups excluding tert-OH is 1. The summed E-state index contributed by atoms with van der Waals surface area (Å²) in [5.74, 6) is -0.519. The van der Waals surface area contributed by atoms with Crippen molar-refractivity contribution < 1.29 is 19.0 Å². The number of alkyl halides is 2. The third-order valence-electron chi connectivity index (χ3n) is 1.45. The number of aromatic nitrogens is 1. The maximum absolute atomic E-state index is 12.2. The third kappa shape index (κ3) is 2.05. The Labute approximate surface area is 77.6 Å². The molecule has 0 spiro atoms. The first-order valence-corrected chi connectivity index (χ1v) is 3.71. The molecule has 13 heavy (non-hydrogen) atoms. The standard InChI is InChI=1S/C7H6ClF2NO2/c8-6-5(13)1-3(7(9)10)4(2-12)11-6/h1,7,12-13H,2H2. The van der Waals surface area contributed by atoms with Gasteiger partial charge in [-0.05, 0) is 6.07 Å². The summed E-state index contributed by atoms with van der Waals surface area (Å²) in [6.07, 6.45) is -2.79. The summed E-state index contributed by atoms with van der Waals surface area (Å²) < 4.78 is 24.4. The lowest BCUT2D eigenvalue weighted by molar-refractivity contribution is 0.145. The number of aliphatic hydroxyl groups is 1. The number of aromatic hydroxyl groups is 1. The van der Waals surface area contributed by atoms with Gasteiger partial charge in [0, 0.05) is 5.56 Å². The molecular weight excluding hydrogens is 204 g/mol. The highest BCUT2D eigenvalue weighted by molar-refractivity contribution is 6.30. The van der Waals surface area contributed by atoms with Crippen molar-refractivity contribution in [2.45, 2.75) is 13.0 Å². The minimum atomic E-state index is -2.79. The van der Waals surface area contributed by atoms with Crippen molar-refractivity contribution in [2.24, 2.45) is 0 Å². The van der Waals surface area contributed by atoms with Crippen LogP contribution in [-0.4, -0.2) is 15.2 Å². The second kappa shape index (κ2) is 3.85. The predicted molar refractivity (Wildman–Crippen MR) is 41.8 cm³/mol. The van der Waals surface area contributed by atoms with Gasteiger partial charge in [-0.25, -0.2) is 13.8 Å². The van der Waals surface area contributed by atoms with E-state index in [9.17, 15) is 8.78 Å². The van der Waals surface area contributed by atoms with Gasteiger partial charge in [0.2, 0.25) is 0 Å². The van der Waals surface area contributed by atoms with Crippen molar-refractivity contribution in [3.05, 3.63) is 22.5 Å². The van der Waals surface area contributed by atoms with Crippen molar-refractivity contribution in [3.63, 3.8) is 0 Å². The second-order valence-corrected chi connectivity index (χ2v) is 2.65. The Kier molecular flexibility index (Phi) is 3.00. The average Bonchev–Trinajstić information content (AvgIpc) is 2.08. The van der Waals surface area contributed by atoms with Crippen LogP contribution in [0.4, 0.5) is 8.78 Å². The van der Waals surface area contributed by atoms with E-state index >= 15 is 0 Å². The van der Waals surface area contributed by atoms with Gasteiger partial charge in [0.05, 0.1) is 12.3 Å². The minimum Gasteiger partial charge on any atom is -0.505 e. The first-order valence-electron chi connectivity index (χ1n) is 3.33. The molecule has 0 fully saturated rings. The summed E-state index contributed by atoms with van der Waals surface area (Å²) in [5, 5.41) is 17.3. The molecule has 0 aromatic carbocycles. The van der Waals surface area contributed by atoms with Crippen LogP contribution in [0, 0.1) is 0 Å². The molecule has 1 aromatic heterocycles. The normalized spacial score (nSPS) is 10.8. The molecule has 1 rings (SSSR count). The lowest BCUT2D eigenvalue weighted by Gasteiger charge is -2.06. The van der Waals surface area contributed by atoms with Gasteiger partial charge in [-0.2, -0.15) is 0 Å². The molecule has 0 atom stereocenters. The molecule has 0 saturated carbocycles. The lowest BCUT2D eigenvalue weighted by atomic mass is 10.2. The van der Waals surface area contributed by atoms with E-state index in [0.29, 0.717) is 0 Å². The number of nitrogens with zero attached hydrogens (tertiary/aromatic N) is 1. The molecule has 0 radical (unpaired) electrons. The molecule has 0 aliphatic rings. The monoisotopic (exact) mass is 209 g/mol. The summed E-state index contributed by atoms with van der Waals surface area (Å²) in [6.45, 7) is -0.639. The zero-order valence-electron chi connectivity index (χ0n) is 6.34. The molecule has 0 saturated heterocycles. The molecule has 72 valence electrons. The largest absolute Gasteiger partial charge is 0.505 e. The quantitative estimate of drug-likeness (QED) is 0.731. The van der Waals surface area contributed by atoms with E-state index in [-0.39, 0.29) is 10.8 Å². The second-order valence-electron chi connectivity index (χ2n) is 2.29. The van der Waals surface area contributed by atoms with Crippen LogP contribution in [0.2, 0.25) is 5.15 Å². The van der Waals surface area contributed by atoms with Gasteiger partial charge in [0.1, 0.15) is 0 Å². The smallest absolute Gasteiger partial charge is 0.265 e. The summed E-state index contributed by atoms with van der Waals surface area (Å²) >= 11 is 5.35. The van der Waals surface area contributed by atoms with Crippen molar-refractivity contribution in [3.8, 4) is 5.75 Å². The van der Waals surface area contributed by atoms with Gasteiger partial charge in [-0.15, -0.1) is 0 Å². The van der Waals surface area contributed by atoms with Crippen LogP contribution in [-0.2, 0) is 6.61 Å². The highest BCUT2D eigenvalue weighted by Gasteiger charge is 2.16. The van der Waals surface area contributed by atoms with Crippen LogP contribution < -0.4 is 0 Å². The Bertz CT molecular complexity index is 320. The fourth-order valence-electron chi connectivity index (χ4n) is 0.846. The van der Waals surface area contributed by atoms with E-state index < -0.39 is 24.3 Å². The van der Waals surface area contributed by atoms with Crippen LogP contribution >= 0.6 is 11.6 Å². The molecule has 2 N–H and O–H groups in total. The van der Waals surface area contributed by atoms with Gasteiger partial charge < -0.3 is 10.2 Å². The van der Waals surface area contributed by atoms with Gasteiger partial charge in [0.25, 0.3) is 6.43 Å². The summed E-state index contributed by atoms with van der Waals surface area (Å²) in [7, 11) is 0. The molecule has 0 unspecified atom stereocenters. The molecule has 0 amide bonds. The van der Waals surface area contributed by atoms with E-state index in [0.717, 1.165) is 6.07 Å². The first-order chi connectivity index (χ1) is 6.06. The molecular formula is C7H6ClF2NO2. The van der Waals surface area contributed by atoms with Crippen LogP contribution in [0.1, 0.15) is 17.7 Å². The molecule has 0 aliphatic heterocycles. The fourth-order valence-corrected chi connectivity index (χ4v) is 1.00. The maximum atomic E-state index is 12.2. The van der Waals surface area contributed by atoms with E-state index in [4.69, 9.17) is 21.8 Å². The van der Waals surface area contributed by atoms with Crippen LogP contribution in [0.15, 0.2) is 6.07 Å². The Morgan fingerprint density at radius 2 is 2.15 bits per heavy atom. The number of rotatable bonds is 2.